The second kappa shape index (κ2) is 16.2. The summed E-state index contributed by atoms with van der Waals surface area (Å²) in [6.45, 7) is 0. The topological polar surface area (TPSA) is 49.4 Å². The molecule has 0 radical (unpaired) electrons. The highest BCUT2D eigenvalue weighted by Gasteiger charge is 2.24. The van der Waals surface area contributed by atoms with Crippen LogP contribution in [0.2, 0.25) is 0 Å². The summed E-state index contributed by atoms with van der Waals surface area (Å²) in [4.78, 5) is 0. The van der Waals surface area contributed by atoms with E-state index >= 15 is 0 Å². The van der Waals surface area contributed by atoms with Gasteiger partial charge in [-0.2, -0.15) is 0 Å². The highest BCUT2D eigenvalue weighted by molar-refractivity contribution is 6.22. The summed E-state index contributed by atoms with van der Waals surface area (Å²) in [5.74, 6) is 0. The number of hydrogen-bond acceptors (Lipinski definition) is 4. The zero-order valence-corrected chi connectivity index (χ0v) is 27.9. The summed E-state index contributed by atoms with van der Waals surface area (Å²) < 4.78 is 0. The van der Waals surface area contributed by atoms with Crippen molar-refractivity contribution in [3.8, 4) is 0 Å². The highest BCUT2D eigenvalue weighted by atomic mass is 15.2. The van der Waals surface area contributed by atoms with Crippen LogP contribution < -0.4 is 0 Å². The third-order valence-electron chi connectivity index (χ3n) is 8.82. The number of hydrogen-bond donors (Lipinski definition) is 0. The number of rotatable bonds is 10. The second-order valence-corrected chi connectivity index (χ2v) is 12.2. The van der Waals surface area contributed by atoms with Gasteiger partial charge in [0, 0.05) is 33.4 Å². The molecule has 0 unspecified atom stereocenters. The average molecular weight is 647 g/mol. The summed E-state index contributed by atoms with van der Waals surface area (Å²) in [5.41, 5.74) is 11.8. The molecule has 1 aliphatic carbocycles. The Kier molecular flexibility index (Phi) is 10.5. The number of benzene rings is 6. The van der Waals surface area contributed by atoms with Gasteiger partial charge in [-0.25, -0.2) is 0 Å². The minimum absolute atomic E-state index is 0.828. The van der Waals surface area contributed by atoms with Crippen LogP contribution in [0.1, 0.15) is 59.1 Å². The molecule has 242 valence electrons. The van der Waals surface area contributed by atoms with E-state index in [9.17, 15) is 0 Å². The van der Waals surface area contributed by atoms with Crippen molar-refractivity contribution in [3.05, 3.63) is 227 Å². The Morgan fingerprint density at radius 2 is 0.460 bits per heavy atom. The molecule has 4 nitrogen and oxygen atoms in total. The number of allylic oxidation sites excluding steroid dienone is 2. The minimum Gasteiger partial charge on any atom is -0.150 e. The molecule has 0 saturated heterocycles. The predicted octanol–water partition coefficient (Wildman–Crippen LogP) is 10.7. The molecular formula is C46H38N4. The van der Waals surface area contributed by atoms with E-state index in [4.69, 9.17) is 20.4 Å². The Labute approximate surface area is 294 Å². The largest absolute Gasteiger partial charge is 0.150 e. The molecule has 0 spiro atoms. The molecule has 0 bridgehead atoms. The fraction of sp³-hybridized carbons (Fsp3) is 0.0870. The quantitative estimate of drug-likeness (QED) is 0.105. The number of nitrogens with zero attached hydrogens (tertiary/aromatic N) is 4. The van der Waals surface area contributed by atoms with Crippen molar-refractivity contribution in [1.82, 2.24) is 0 Å². The van der Waals surface area contributed by atoms with Gasteiger partial charge in [0.25, 0.3) is 0 Å². The fourth-order valence-electron chi connectivity index (χ4n) is 6.35. The van der Waals surface area contributed by atoms with Crippen LogP contribution in [-0.4, -0.2) is 22.8 Å². The van der Waals surface area contributed by atoms with Crippen LogP contribution >= 0.6 is 0 Å². The Morgan fingerprint density at radius 3 is 0.700 bits per heavy atom. The van der Waals surface area contributed by atoms with Gasteiger partial charge >= 0.3 is 0 Å². The van der Waals surface area contributed by atoms with Crippen molar-refractivity contribution in [3.63, 3.8) is 0 Å². The monoisotopic (exact) mass is 646 g/mol. The van der Waals surface area contributed by atoms with Gasteiger partial charge in [-0.15, -0.1) is 20.4 Å². The molecule has 6 aromatic rings. The van der Waals surface area contributed by atoms with Crippen LogP contribution in [0.25, 0.3) is 0 Å². The molecule has 50 heavy (non-hydrogen) atoms. The summed E-state index contributed by atoms with van der Waals surface area (Å²) >= 11 is 0. The lowest BCUT2D eigenvalue weighted by Crippen LogP contribution is -2.18. The van der Waals surface area contributed by atoms with Gasteiger partial charge in [0.1, 0.15) is 11.4 Å². The molecule has 6 aromatic carbocycles. The molecule has 0 saturated carbocycles. The first-order valence-corrected chi connectivity index (χ1v) is 17.2. The van der Waals surface area contributed by atoms with Crippen LogP contribution in [0.4, 0.5) is 0 Å². The highest BCUT2D eigenvalue weighted by Crippen LogP contribution is 2.32. The van der Waals surface area contributed by atoms with E-state index in [0.29, 0.717) is 0 Å². The van der Waals surface area contributed by atoms with E-state index < -0.39 is 0 Å². The average Bonchev–Trinajstić information content (AvgIpc) is 3.20. The van der Waals surface area contributed by atoms with Crippen molar-refractivity contribution in [2.24, 2.45) is 20.4 Å². The summed E-state index contributed by atoms with van der Waals surface area (Å²) in [6.07, 6.45) is 3.85. The Hall–Kier alpha value is -6.26. The van der Waals surface area contributed by atoms with E-state index in [1.54, 1.807) is 0 Å². The van der Waals surface area contributed by atoms with Gasteiger partial charge in [-0.05, 0) is 36.8 Å². The predicted molar refractivity (Wildman–Crippen MR) is 208 cm³/mol. The molecule has 4 heteroatoms. The lowest BCUT2D eigenvalue weighted by molar-refractivity contribution is 0.703. The van der Waals surface area contributed by atoms with Crippen molar-refractivity contribution >= 4 is 22.8 Å². The van der Waals surface area contributed by atoms with Crippen LogP contribution in [0, 0.1) is 0 Å². The smallest absolute Gasteiger partial charge is 0.100 e. The van der Waals surface area contributed by atoms with Crippen LogP contribution in [-0.2, 0) is 0 Å². The maximum absolute atomic E-state index is 5.14. The molecule has 0 N–H and O–H groups in total. The van der Waals surface area contributed by atoms with Crippen molar-refractivity contribution in [1.29, 1.82) is 0 Å². The van der Waals surface area contributed by atoms with Crippen molar-refractivity contribution < 1.29 is 0 Å². The maximum Gasteiger partial charge on any atom is 0.100 e. The summed E-state index contributed by atoms with van der Waals surface area (Å²) in [5, 5.41) is 20.4. The minimum atomic E-state index is 0.828. The first kappa shape index (κ1) is 32.3. The van der Waals surface area contributed by atoms with Gasteiger partial charge in [0.05, 0.1) is 11.4 Å². The van der Waals surface area contributed by atoms with Crippen molar-refractivity contribution in [2.75, 3.05) is 0 Å². The molecule has 0 fully saturated rings. The van der Waals surface area contributed by atoms with E-state index in [1.165, 1.54) is 0 Å². The van der Waals surface area contributed by atoms with E-state index in [2.05, 4.69) is 97.1 Å². The SMILES string of the molecule is c1ccc(C(=N/N=C(C2=C(/C(=N\N=C(c3ccccc3)c3ccccc3)c3ccccc3)CCCC2)/c2ccccc2)c2ccccc2)cc1. The molecule has 0 aromatic heterocycles. The normalized spacial score (nSPS) is 13.4. The second-order valence-electron chi connectivity index (χ2n) is 12.2. The van der Waals surface area contributed by atoms with Crippen LogP contribution in [0.3, 0.4) is 0 Å². The first-order chi connectivity index (χ1) is 24.8. The van der Waals surface area contributed by atoms with Gasteiger partial charge in [-0.1, -0.05) is 182 Å². The Morgan fingerprint density at radius 1 is 0.260 bits per heavy atom. The molecule has 0 heterocycles. The zero-order valence-electron chi connectivity index (χ0n) is 27.9. The van der Waals surface area contributed by atoms with Gasteiger partial charge in [0.15, 0.2) is 0 Å². The third-order valence-corrected chi connectivity index (χ3v) is 8.82. The van der Waals surface area contributed by atoms with Crippen LogP contribution in [0.5, 0.6) is 0 Å². The molecular weight excluding hydrogens is 609 g/mol. The van der Waals surface area contributed by atoms with E-state index in [0.717, 1.165) is 93.1 Å². The first-order valence-electron chi connectivity index (χ1n) is 17.2. The summed E-state index contributed by atoms with van der Waals surface area (Å²) in [6, 6.07) is 62.0. The lowest BCUT2D eigenvalue weighted by atomic mass is 9.83. The van der Waals surface area contributed by atoms with E-state index in [1.807, 2.05) is 84.9 Å². The zero-order chi connectivity index (χ0) is 33.8. The van der Waals surface area contributed by atoms with Gasteiger partial charge in [0.2, 0.25) is 0 Å². The van der Waals surface area contributed by atoms with Crippen molar-refractivity contribution in [2.45, 2.75) is 25.7 Å². The molecule has 0 atom stereocenters. The third kappa shape index (κ3) is 7.72. The lowest BCUT2D eigenvalue weighted by Gasteiger charge is -2.23. The van der Waals surface area contributed by atoms with Crippen LogP contribution in [0.15, 0.2) is 214 Å². The standard InChI is InChI=1S/C46H38N4/c1-7-21-35(22-8-1)43(36-23-9-2-10-24-36)47-49-45(39-29-15-5-16-30-39)41-33-19-20-34-42(41)46(40-31-17-6-18-32-40)50-48-44(37-25-11-3-12-26-37)38-27-13-4-14-28-38/h1-18,21-32H,19-20,33-34H2/b49-45-,50-46-. The maximum atomic E-state index is 5.14. The Bertz CT molecular complexity index is 1910. The molecule has 0 aliphatic heterocycles. The fourth-order valence-corrected chi connectivity index (χ4v) is 6.35. The summed E-state index contributed by atoms with van der Waals surface area (Å²) in [7, 11) is 0. The Balaban J connectivity index is 1.45. The van der Waals surface area contributed by atoms with Gasteiger partial charge < -0.3 is 0 Å². The van der Waals surface area contributed by atoms with E-state index in [-0.39, 0.29) is 0 Å². The molecule has 1 aliphatic rings. The molecule has 0 amide bonds. The van der Waals surface area contributed by atoms with Gasteiger partial charge in [-0.3, -0.25) is 0 Å². The molecule has 7 rings (SSSR count).